The molecule has 2 amide bonds. The standard InChI is InChI=1S/C24H26N6O4S2/c1-13-11-29-21(33)17(9-27-23(29)35-13)19(31)25-7-15-4-3-5-16(6-15)8-26-20(32)18-10-28-24-30(22(18)34)12-14(2)36-24/h9-12,15-16H,3-8H2,1-2H3,(H,25,31)(H,26,32)/t15-,16-/m1/s1. The van der Waals surface area contributed by atoms with Crippen LogP contribution in [0.15, 0.2) is 34.4 Å². The number of aromatic nitrogens is 4. The topological polar surface area (TPSA) is 127 Å². The van der Waals surface area contributed by atoms with Crippen LogP contribution in [0.4, 0.5) is 0 Å². The third-order valence-corrected chi connectivity index (χ3v) is 8.35. The van der Waals surface area contributed by atoms with E-state index in [-0.39, 0.29) is 34.1 Å². The Morgan fingerprint density at radius 1 is 0.861 bits per heavy atom. The molecule has 4 aromatic heterocycles. The first kappa shape index (κ1) is 24.3. The number of aryl methyl sites for hydroxylation is 2. The first-order valence-corrected chi connectivity index (χ1v) is 13.5. The van der Waals surface area contributed by atoms with Gasteiger partial charge in [-0.25, -0.2) is 9.97 Å². The molecule has 4 heterocycles. The van der Waals surface area contributed by atoms with Gasteiger partial charge in [-0.15, -0.1) is 22.7 Å². The van der Waals surface area contributed by atoms with Gasteiger partial charge in [-0.05, 0) is 44.9 Å². The van der Waals surface area contributed by atoms with Crippen LogP contribution in [0.5, 0.6) is 0 Å². The van der Waals surface area contributed by atoms with Crippen LogP contribution in [0.25, 0.3) is 9.92 Å². The number of rotatable bonds is 6. The molecule has 1 saturated carbocycles. The number of thiazole rings is 2. The van der Waals surface area contributed by atoms with Crippen LogP contribution in [-0.2, 0) is 0 Å². The van der Waals surface area contributed by atoms with E-state index >= 15 is 0 Å². The van der Waals surface area contributed by atoms with Gasteiger partial charge in [0.05, 0.1) is 0 Å². The Hall–Kier alpha value is -3.38. The summed E-state index contributed by atoms with van der Waals surface area (Å²) in [5.74, 6) is -0.365. The van der Waals surface area contributed by atoms with Crippen LogP contribution in [0.3, 0.4) is 0 Å². The molecule has 0 spiro atoms. The molecule has 0 unspecified atom stereocenters. The number of amides is 2. The molecule has 1 aliphatic rings. The highest BCUT2D eigenvalue weighted by atomic mass is 32.1. The maximum absolute atomic E-state index is 12.7. The van der Waals surface area contributed by atoms with E-state index in [0.717, 1.165) is 35.4 Å². The minimum atomic E-state index is -0.423. The first-order chi connectivity index (χ1) is 17.3. The quantitative estimate of drug-likeness (QED) is 0.397. The van der Waals surface area contributed by atoms with E-state index < -0.39 is 11.8 Å². The Morgan fingerprint density at radius 2 is 1.31 bits per heavy atom. The van der Waals surface area contributed by atoms with Gasteiger partial charge in [-0.1, -0.05) is 6.42 Å². The molecule has 0 aromatic carbocycles. The highest BCUT2D eigenvalue weighted by Crippen LogP contribution is 2.28. The van der Waals surface area contributed by atoms with Crippen molar-refractivity contribution in [2.24, 2.45) is 11.8 Å². The van der Waals surface area contributed by atoms with Crippen molar-refractivity contribution >= 4 is 44.4 Å². The molecule has 0 aliphatic heterocycles. The first-order valence-electron chi connectivity index (χ1n) is 11.8. The van der Waals surface area contributed by atoms with Crippen LogP contribution >= 0.6 is 22.7 Å². The van der Waals surface area contributed by atoms with Gasteiger partial charge in [0.2, 0.25) is 0 Å². The lowest BCUT2D eigenvalue weighted by Crippen LogP contribution is -2.38. The van der Waals surface area contributed by atoms with Gasteiger partial charge in [0, 0.05) is 47.6 Å². The molecule has 0 bridgehead atoms. The minimum absolute atomic E-state index is 0.0302. The number of nitrogens with one attached hydrogen (secondary N) is 2. The lowest BCUT2D eigenvalue weighted by molar-refractivity contribution is 0.0933. The van der Waals surface area contributed by atoms with E-state index in [1.54, 1.807) is 12.4 Å². The summed E-state index contributed by atoms with van der Waals surface area (Å²) in [7, 11) is 0. The number of hydrogen-bond donors (Lipinski definition) is 2. The lowest BCUT2D eigenvalue weighted by Gasteiger charge is -2.29. The summed E-state index contributed by atoms with van der Waals surface area (Å²) in [6.45, 7) is 4.68. The fraction of sp³-hybridized carbons (Fsp3) is 0.417. The van der Waals surface area contributed by atoms with E-state index in [0.29, 0.717) is 23.0 Å². The van der Waals surface area contributed by atoms with Crippen molar-refractivity contribution in [1.29, 1.82) is 0 Å². The van der Waals surface area contributed by atoms with Crippen LogP contribution in [0.2, 0.25) is 0 Å². The second kappa shape index (κ2) is 9.94. The van der Waals surface area contributed by atoms with E-state index in [1.165, 1.54) is 43.9 Å². The Kier molecular flexibility index (Phi) is 6.71. The van der Waals surface area contributed by atoms with E-state index in [2.05, 4.69) is 20.6 Å². The van der Waals surface area contributed by atoms with Crippen LogP contribution in [-0.4, -0.2) is 43.7 Å². The third kappa shape index (κ3) is 4.82. The van der Waals surface area contributed by atoms with E-state index in [4.69, 9.17) is 0 Å². The van der Waals surface area contributed by atoms with E-state index in [9.17, 15) is 19.2 Å². The van der Waals surface area contributed by atoms with Gasteiger partial charge in [0.1, 0.15) is 11.1 Å². The predicted molar refractivity (Wildman–Crippen MR) is 138 cm³/mol. The summed E-state index contributed by atoms with van der Waals surface area (Å²) >= 11 is 2.80. The van der Waals surface area contributed by atoms with E-state index in [1.807, 2.05) is 13.8 Å². The van der Waals surface area contributed by atoms with Crippen molar-refractivity contribution in [2.45, 2.75) is 39.5 Å². The zero-order chi connectivity index (χ0) is 25.4. The van der Waals surface area contributed by atoms with Gasteiger partial charge < -0.3 is 10.6 Å². The second-order valence-electron chi connectivity index (χ2n) is 9.26. The smallest absolute Gasteiger partial charge is 0.271 e. The van der Waals surface area contributed by atoms with Gasteiger partial charge >= 0.3 is 0 Å². The molecule has 4 aromatic rings. The molecule has 0 radical (unpaired) electrons. The average Bonchev–Trinajstić information content (AvgIpc) is 3.44. The van der Waals surface area contributed by atoms with Crippen LogP contribution < -0.4 is 21.8 Å². The van der Waals surface area contributed by atoms with Crippen molar-refractivity contribution in [3.05, 3.63) is 66.4 Å². The third-order valence-electron chi connectivity index (χ3n) is 6.53. The predicted octanol–water partition coefficient (Wildman–Crippen LogP) is 2.41. The molecular weight excluding hydrogens is 500 g/mol. The molecule has 1 aliphatic carbocycles. The normalized spacial score (nSPS) is 17.9. The zero-order valence-electron chi connectivity index (χ0n) is 19.9. The van der Waals surface area contributed by atoms with Crippen molar-refractivity contribution in [1.82, 2.24) is 29.4 Å². The monoisotopic (exact) mass is 526 g/mol. The largest absolute Gasteiger partial charge is 0.352 e. The van der Waals surface area contributed by atoms with Crippen LogP contribution in [0, 0.1) is 25.7 Å². The van der Waals surface area contributed by atoms with Gasteiger partial charge in [0.25, 0.3) is 22.9 Å². The SMILES string of the molecule is Cc1cn2c(=O)c(C(=O)NC[C@@H]3CCC[C@@H](CNC(=O)c4cnc5sc(C)cn5c4=O)C3)cnc2s1. The molecule has 12 heteroatoms. The minimum Gasteiger partial charge on any atom is -0.352 e. The summed E-state index contributed by atoms with van der Waals surface area (Å²) < 4.78 is 2.82. The molecule has 2 N–H and O–H groups in total. The second-order valence-corrected chi connectivity index (χ2v) is 11.7. The van der Waals surface area contributed by atoms with Crippen LogP contribution in [0.1, 0.15) is 56.2 Å². The van der Waals surface area contributed by atoms with Gasteiger partial charge in [0.15, 0.2) is 9.92 Å². The average molecular weight is 527 g/mol. The number of hydrogen-bond acceptors (Lipinski definition) is 8. The van der Waals surface area contributed by atoms with Crippen molar-refractivity contribution < 1.29 is 9.59 Å². The molecule has 5 rings (SSSR count). The maximum Gasteiger partial charge on any atom is 0.271 e. The molecule has 1 fully saturated rings. The highest BCUT2D eigenvalue weighted by Gasteiger charge is 2.24. The Bertz CT molecular complexity index is 1470. The van der Waals surface area contributed by atoms with Gasteiger partial charge in [-0.2, -0.15) is 0 Å². The van der Waals surface area contributed by atoms with Crippen molar-refractivity contribution in [3.8, 4) is 0 Å². The summed E-state index contributed by atoms with van der Waals surface area (Å²) in [5, 5.41) is 5.78. The fourth-order valence-electron chi connectivity index (χ4n) is 4.74. The molecule has 188 valence electrons. The summed E-state index contributed by atoms with van der Waals surface area (Å²) in [4.78, 5) is 62.2. The zero-order valence-corrected chi connectivity index (χ0v) is 21.6. The number of nitrogens with zero attached hydrogens (tertiary/aromatic N) is 4. The Morgan fingerprint density at radius 3 is 1.75 bits per heavy atom. The number of carbonyl (C=O) groups excluding carboxylic acids is 2. The van der Waals surface area contributed by atoms with Crippen molar-refractivity contribution in [3.63, 3.8) is 0 Å². The molecule has 36 heavy (non-hydrogen) atoms. The number of fused-ring (bicyclic) bond motifs is 2. The number of carbonyl (C=O) groups is 2. The highest BCUT2D eigenvalue weighted by molar-refractivity contribution is 7.17. The lowest BCUT2D eigenvalue weighted by atomic mass is 9.81. The van der Waals surface area contributed by atoms with Gasteiger partial charge in [-0.3, -0.25) is 28.0 Å². The molecular formula is C24H26N6O4S2. The van der Waals surface area contributed by atoms with Crippen molar-refractivity contribution in [2.75, 3.05) is 13.1 Å². The summed E-state index contributed by atoms with van der Waals surface area (Å²) in [5.41, 5.74) is -0.676. The molecule has 10 nitrogen and oxygen atoms in total. The Balaban J connectivity index is 1.16. The molecule has 0 saturated heterocycles. The summed E-state index contributed by atoms with van der Waals surface area (Å²) in [6.07, 6.45) is 9.81. The molecule has 2 atom stereocenters. The Labute approximate surface area is 214 Å². The maximum atomic E-state index is 12.7. The summed E-state index contributed by atoms with van der Waals surface area (Å²) in [6, 6.07) is 0. The fourth-order valence-corrected chi connectivity index (χ4v) is 6.31.